The summed E-state index contributed by atoms with van der Waals surface area (Å²) in [6.07, 6.45) is -2.70. The number of hydrogen-bond donors (Lipinski definition) is 1. The van der Waals surface area contributed by atoms with Gasteiger partial charge in [-0.25, -0.2) is 0 Å². The number of primary amides is 1. The number of fused-ring (bicyclic) bond motifs is 1. The Morgan fingerprint density at radius 3 is 2.10 bits per heavy atom. The molecule has 0 aliphatic heterocycles. The molecule has 2 amide bonds. The summed E-state index contributed by atoms with van der Waals surface area (Å²) in [5.41, 5.74) is 2.49. The minimum atomic E-state index is -4.33. The molecular weight excluding hydrogens is 515 g/mol. The van der Waals surface area contributed by atoms with Crippen molar-refractivity contribution in [2.75, 3.05) is 19.1 Å². The average molecular weight is 542 g/mol. The topological polar surface area (TPSA) is 104 Å². The van der Waals surface area contributed by atoms with Gasteiger partial charge in [0.15, 0.2) is 11.5 Å². The van der Waals surface area contributed by atoms with Gasteiger partial charge in [0.05, 0.1) is 30.7 Å². The average Bonchev–Trinajstić information content (AvgIpc) is 3.66. The smallest absolute Gasteiger partial charge is 0.394 e. The van der Waals surface area contributed by atoms with Crippen molar-refractivity contribution in [1.82, 2.24) is 4.98 Å². The van der Waals surface area contributed by atoms with Gasteiger partial charge >= 0.3 is 6.18 Å². The lowest BCUT2D eigenvalue weighted by Crippen LogP contribution is -2.80. The van der Waals surface area contributed by atoms with Crippen LogP contribution in [0.25, 0.3) is 10.9 Å². The summed E-state index contributed by atoms with van der Waals surface area (Å²) in [4.78, 5) is 31.5. The second-order valence-corrected chi connectivity index (χ2v) is 10.7. The first-order valence-electron chi connectivity index (χ1n) is 12.5. The second kappa shape index (κ2) is 8.24. The molecule has 2 N–H and O–H groups in total. The van der Waals surface area contributed by atoms with E-state index in [0.29, 0.717) is 52.4 Å². The number of methoxy groups -OCH3 is 2. The van der Waals surface area contributed by atoms with Gasteiger partial charge in [0.25, 0.3) is 0 Å². The molecule has 0 radical (unpaired) electrons. The molecule has 4 saturated carbocycles. The molecule has 2 aromatic carbocycles. The molecule has 0 spiro atoms. The number of halogens is 3. The minimum absolute atomic E-state index is 0.184. The van der Waals surface area contributed by atoms with Gasteiger partial charge in [-0.3, -0.25) is 14.6 Å². The molecule has 204 valence electrons. The van der Waals surface area contributed by atoms with Gasteiger partial charge in [0.2, 0.25) is 11.8 Å². The van der Waals surface area contributed by atoms with Gasteiger partial charge in [-0.2, -0.15) is 13.2 Å². The Kier molecular flexibility index (Phi) is 5.34. The number of rotatable bonds is 8. The number of carbonyl (C=O) groups excluding carboxylic acids is 2. The van der Waals surface area contributed by atoms with E-state index in [2.05, 4.69) is 4.98 Å². The third-order valence-electron chi connectivity index (χ3n) is 8.44. The highest BCUT2D eigenvalue weighted by Crippen LogP contribution is 2.76. The zero-order valence-corrected chi connectivity index (χ0v) is 21.3. The summed E-state index contributed by atoms with van der Waals surface area (Å²) in [7, 11) is 3.06. The van der Waals surface area contributed by atoms with E-state index in [0.717, 1.165) is 0 Å². The predicted molar refractivity (Wildman–Crippen MR) is 135 cm³/mol. The molecule has 8 nitrogen and oxygen atoms in total. The first kappa shape index (κ1) is 25.3. The van der Waals surface area contributed by atoms with Crippen molar-refractivity contribution >= 4 is 28.4 Å². The van der Waals surface area contributed by atoms with Crippen LogP contribution >= 0.6 is 0 Å². The minimum Gasteiger partial charge on any atom is -0.493 e. The quantitative estimate of drug-likeness (QED) is 0.397. The number of alkyl halides is 3. The van der Waals surface area contributed by atoms with E-state index >= 15 is 0 Å². The molecular formula is C28H26F3N3O5. The lowest BCUT2D eigenvalue weighted by Gasteiger charge is -2.73. The zero-order chi connectivity index (χ0) is 27.8. The van der Waals surface area contributed by atoms with Gasteiger partial charge in [0.1, 0.15) is 16.9 Å². The van der Waals surface area contributed by atoms with E-state index in [4.69, 9.17) is 19.9 Å². The van der Waals surface area contributed by atoms with E-state index in [1.165, 1.54) is 19.1 Å². The van der Waals surface area contributed by atoms with Crippen LogP contribution in [0.5, 0.6) is 23.0 Å². The molecule has 2 bridgehead atoms. The maximum absolute atomic E-state index is 13.6. The molecule has 4 fully saturated rings. The van der Waals surface area contributed by atoms with E-state index in [9.17, 15) is 22.8 Å². The standard InChI is InChI=1S/C28H26F3N3O5/c1-37-21-11-18-19(12-22(21)38-2)33-10-7-20(18)39-17-5-3-16(4-6-17)34(24(36)27(8-9-27)23(32)35)26-13-25(14-26,15-26)28(29,30)31/h3-7,10-12H,8-9,13-15H2,1-2H3,(H2,32,35). The molecule has 0 atom stereocenters. The molecule has 39 heavy (non-hydrogen) atoms. The lowest BCUT2D eigenvalue weighted by atomic mass is 9.38. The molecule has 1 aromatic heterocycles. The summed E-state index contributed by atoms with van der Waals surface area (Å²) in [5.74, 6) is 0.694. The van der Waals surface area contributed by atoms with E-state index in [1.807, 2.05) is 0 Å². The van der Waals surface area contributed by atoms with Gasteiger partial charge in [0, 0.05) is 23.3 Å². The zero-order valence-electron chi connectivity index (χ0n) is 21.3. The third kappa shape index (κ3) is 3.62. The van der Waals surface area contributed by atoms with Gasteiger partial charge < -0.3 is 24.8 Å². The lowest BCUT2D eigenvalue weighted by molar-refractivity contribution is -0.331. The Bertz CT molecular complexity index is 1480. The highest BCUT2D eigenvalue weighted by Gasteiger charge is 2.81. The number of anilines is 1. The molecule has 3 aromatic rings. The number of nitrogens with two attached hydrogens (primary N) is 1. The van der Waals surface area contributed by atoms with Gasteiger partial charge in [-0.15, -0.1) is 0 Å². The summed E-state index contributed by atoms with van der Waals surface area (Å²) in [5, 5.41) is 0.680. The van der Waals surface area contributed by atoms with Crippen molar-refractivity contribution in [3.8, 4) is 23.0 Å². The van der Waals surface area contributed by atoms with Crippen LogP contribution in [0.4, 0.5) is 18.9 Å². The van der Waals surface area contributed by atoms with E-state index < -0.39 is 34.4 Å². The SMILES string of the molecule is COc1cc2nccc(Oc3ccc(N(C(=O)C4(C(N)=O)CC4)C45CC(C(F)(F)F)(C4)C5)cc3)c2cc1OC. The van der Waals surface area contributed by atoms with Crippen LogP contribution in [-0.2, 0) is 9.59 Å². The molecule has 4 aliphatic carbocycles. The maximum Gasteiger partial charge on any atom is 0.394 e. The summed E-state index contributed by atoms with van der Waals surface area (Å²) in [6, 6.07) is 11.7. The van der Waals surface area contributed by atoms with Crippen LogP contribution in [0.15, 0.2) is 48.7 Å². The molecule has 4 aliphatic rings. The number of nitrogens with zero attached hydrogens (tertiary/aromatic N) is 2. The van der Waals surface area contributed by atoms with Crippen LogP contribution in [0.3, 0.4) is 0 Å². The maximum atomic E-state index is 13.6. The number of carbonyl (C=O) groups is 2. The van der Waals surface area contributed by atoms with Crippen molar-refractivity contribution in [2.45, 2.75) is 43.8 Å². The van der Waals surface area contributed by atoms with Crippen molar-refractivity contribution in [3.05, 3.63) is 48.7 Å². The van der Waals surface area contributed by atoms with Gasteiger partial charge in [-0.05, 0) is 68.5 Å². The molecule has 11 heteroatoms. The Hall–Kier alpha value is -4.02. The van der Waals surface area contributed by atoms with Crippen LogP contribution in [0, 0.1) is 10.8 Å². The highest BCUT2D eigenvalue weighted by atomic mass is 19.4. The molecule has 0 unspecified atom stereocenters. The van der Waals surface area contributed by atoms with Crippen molar-refractivity contribution in [2.24, 2.45) is 16.6 Å². The number of amides is 2. The normalized spacial score (nSPS) is 24.2. The largest absolute Gasteiger partial charge is 0.493 e. The Morgan fingerprint density at radius 2 is 1.56 bits per heavy atom. The first-order chi connectivity index (χ1) is 18.5. The molecule has 7 rings (SSSR count). The fourth-order valence-corrected chi connectivity index (χ4v) is 6.11. The van der Waals surface area contributed by atoms with Crippen LogP contribution in [0.2, 0.25) is 0 Å². The summed E-state index contributed by atoms with van der Waals surface area (Å²) in [6.45, 7) is 0. The number of aromatic nitrogens is 1. The fourth-order valence-electron chi connectivity index (χ4n) is 6.11. The Labute approximate surface area is 221 Å². The second-order valence-electron chi connectivity index (χ2n) is 10.7. The third-order valence-corrected chi connectivity index (χ3v) is 8.44. The molecule has 0 saturated heterocycles. The van der Waals surface area contributed by atoms with E-state index in [1.54, 1.807) is 48.7 Å². The highest BCUT2D eigenvalue weighted by molar-refractivity contribution is 6.14. The van der Waals surface area contributed by atoms with Gasteiger partial charge in [-0.1, -0.05) is 0 Å². The number of pyridine rings is 1. The monoisotopic (exact) mass is 541 g/mol. The number of benzene rings is 2. The Morgan fingerprint density at radius 1 is 0.949 bits per heavy atom. The summed E-state index contributed by atoms with van der Waals surface area (Å²) >= 11 is 0. The predicted octanol–water partition coefficient (Wildman–Crippen LogP) is 5.13. The van der Waals surface area contributed by atoms with Crippen molar-refractivity contribution in [3.63, 3.8) is 0 Å². The fraction of sp³-hybridized carbons (Fsp3) is 0.393. The van der Waals surface area contributed by atoms with Crippen molar-refractivity contribution < 1.29 is 37.0 Å². The first-order valence-corrected chi connectivity index (χ1v) is 12.5. The van der Waals surface area contributed by atoms with Crippen molar-refractivity contribution in [1.29, 1.82) is 0 Å². The molecule has 1 heterocycles. The van der Waals surface area contributed by atoms with Crippen LogP contribution in [-0.4, -0.2) is 42.7 Å². The van der Waals surface area contributed by atoms with Crippen LogP contribution in [0.1, 0.15) is 32.1 Å². The number of ether oxygens (including phenoxy) is 3. The number of hydrogen-bond acceptors (Lipinski definition) is 6. The Balaban J connectivity index is 1.30. The van der Waals surface area contributed by atoms with E-state index in [-0.39, 0.29) is 19.3 Å². The summed E-state index contributed by atoms with van der Waals surface area (Å²) < 4.78 is 57.6. The van der Waals surface area contributed by atoms with Crippen LogP contribution < -0.4 is 24.8 Å².